The Bertz CT molecular complexity index is 1400. The molecule has 1 aromatic heterocycles. The van der Waals surface area contributed by atoms with Gasteiger partial charge in [0.05, 0.1) is 40.7 Å². The minimum Gasteiger partial charge on any atom is -0.349 e. The molecule has 1 aliphatic carbocycles. The molecule has 38 heavy (non-hydrogen) atoms. The fraction of sp³-hybridized carbons (Fsp3) is 0.435. The first-order chi connectivity index (χ1) is 17.8. The lowest BCUT2D eigenvalue weighted by Crippen LogP contribution is -2.50. The lowest BCUT2D eigenvalue weighted by atomic mass is 10.1. The summed E-state index contributed by atoms with van der Waals surface area (Å²) in [6, 6.07) is 3.81. The molecule has 3 atom stereocenters. The van der Waals surface area contributed by atoms with Gasteiger partial charge in [-0.15, -0.1) is 0 Å². The number of carbonyl (C=O) groups is 1. The topological polar surface area (TPSA) is 91.7 Å². The van der Waals surface area contributed by atoms with Crippen LogP contribution in [0.5, 0.6) is 0 Å². The number of pyridine rings is 1. The Morgan fingerprint density at radius 2 is 1.87 bits per heavy atom. The summed E-state index contributed by atoms with van der Waals surface area (Å²) in [5, 5.41) is 0.492. The lowest BCUT2D eigenvalue weighted by molar-refractivity contribution is -0.124. The summed E-state index contributed by atoms with van der Waals surface area (Å²) in [5.41, 5.74) is -1.31. The molecule has 2 aromatic rings. The van der Waals surface area contributed by atoms with E-state index in [-0.39, 0.29) is 48.5 Å². The highest BCUT2D eigenvalue weighted by molar-refractivity contribution is 8.14. The molecule has 0 radical (unpaired) electrons. The van der Waals surface area contributed by atoms with Gasteiger partial charge in [0, 0.05) is 12.0 Å². The molecule has 1 amide bonds. The van der Waals surface area contributed by atoms with Crippen LogP contribution in [-0.2, 0) is 21.4 Å². The number of nitrogens with one attached hydrogen (secondary N) is 1. The summed E-state index contributed by atoms with van der Waals surface area (Å²) in [7, 11) is -4.36. The van der Waals surface area contributed by atoms with Crippen LogP contribution in [0.3, 0.4) is 0 Å². The number of thioether (sulfide) groups is 1. The van der Waals surface area contributed by atoms with Gasteiger partial charge < -0.3 is 5.32 Å². The molecule has 204 valence electrons. The third-order valence-corrected chi connectivity index (χ3v) is 10.1. The van der Waals surface area contributed by atoms with E-state index in [0.717, 1.165) is 34.8 Å². The highest BCUT2D eigenvalue weighted by Gasteiger charge is 2.67. The maximum atomic E-state index is 15.0. The Morgan fingerprint density at radius 1 is 1.18 bits per heavy atom. The second kappa shape index (κ2) is 9.52. The van der Waals surface area contributed by atoms with E-state index in [2.05, 4.69) is 15.3 Å². The molecule has 1 saturated heterocycles. The van der Waals surface area contributed by atoms with Crippen molar-refractivity contribution in [3.63, 3.8) is 0 Å². The van der Waals surface area contributed by atoms with Gasteiger partial charge in [0.1, 0.15) is 23.8 Å². The number of sulfonamides is 1. The highest BCUT2D eigenvalue weighted by Crippen LogP contribution is 2.55. The first kappa shape index (κ1) is 26.9. The van der Waals surface area contributed by atoms with Crippen LogP contribution in [0.2, 0.25) is 0 Å². The molecular formula is C23H20F6N4O3S2. The third-order valence-electron chi connectivity index (χ3n) is 6.80. The van der Waals surface area contributed by atoms with Gasteiger partial charge in [-0.1, -0.05) is 11.8 Å². The molecule has 1 spiro atoms. The Labute approximate surface area is 217 Å². The van der Waals surface area contributed by atoms with E-state index >= 15 is 0 Å². The Hall–Kier alpha value is -2.65. The maximum Gasteiger partial charge on any atom is 0.439 e. The van der Waals surface area contributed by atoms with E-state index in [1.165, 1.54) is 6.07 Å². The summed E-state index contributed by atoms with van der Waals surface area (Å²) in [4.78, 5) is 20.1. The largest absolute Gasteiger partial charge is 0.439 e. The second-order valence-electron chi connectivity index (χ2n) is 9.24. The Kier molecular flexibility index (Phi) is 6.75. The zero-order valence-electron chi connectivity index (χ0n) is 19.4. The normalized spacial score (nSPS) is 25.0. The maximum absolute atomic E-state index is 15.0. The van der Waals surface area contributed by atoms with Crippen molar-refractivity contribution in [2.24, 2.45) is 4.99 Å². The smallest absolute Gasteiger partial charge is 0.349 e. The average molecular weight is 579 g/mol. The van der Waals surface area contributed by atoms with Crippen LogP contribution >= 0.6 is 11.8 Å². The SMILES string of the molecule is O=C(NCc1cc(C2CN=C(C(F)(F)F)S2)c(F)cn1)[C@@H]1C[C@@H](F)C2(CC2)N1S(=O)(=O)c1ccc(F)cc1. The molecule has 7 nitrogen and oxygen atoms in total. The number of benzene rings is 1. The van der Waals surface area contributed by atoms with Crippen molar-refractivity contribution < 1.29 is 39.6 Å². The van der Waals surface area contributed by atoms with Crippen molar-refractivity contribution in [3.05, 3.63) is 59.4 Å². The predicted molar refractivity (Wildman–Crippen MR) is 125 cm³/mol. The van der Waals surface area contributed by atoms with Crippen LogP contribution in [0.15, 0.2) is 46.4 Å². The molecule has 0 bridgehead atoms. The van der Waals surface area contributed by atoms with Gasteiger partial charge >= 0.3 is 6.18 Å². The molecule has 1 unspecified atom stereocenters. The van der Waals surface area contributed by atoms with Crippen molar-refractivity contribution in [1.82, 2.24) is 14.6 Å². The van der Waals surface area contributed by atoms with Gasteiger partial charge in [-0.2, -0.15) is 17.5 Å². The molecule has 3 heterocycles. The summed E-state index contributed by atoms with van der Waals surface area (Å²) in [6.07, 6.45) is -5.35. The number of aromatic nitrogens is 1. The van der Waals surface area contributed by atoms with Crippen LogP contribution in [0.25, 0.3) is 0 Å². The van der Waals surface area contributed by atoms with E-state index in [9.17, 15) is 39.6 Å². The first-order valence-corrected chi connectivity index (χ1v) is 13.8. The van der Waals surface area contributed by atoms with Crippen molar-refractivity contribution >= 4 is 32.7 Å². The predicted octanol–water partition coefficient (Wildman–Crippen LogP) is 4.06. The minimum atomic E-state index is -4.64. The summed E-state index contributed by atoms with van der Waals surface area (Å²) in [6.45, 7) is -0.591. The zero-order chi connectivity index (χ0) is 27.5. The van der Waals surface area contributed by atoms with Crippen LogP contribution in [0.1, 0.15) is 35.8 Å². The van der Waals surface area contributed by atoms with Crippen LogP contribution in [-0.4, -0.2) is 59.1 Å². The number of amides is 1. The number of rotatable bonds is 6. The number of nitrogens with zero attached hydrogens (tertiary/aromatic N) is 3. The van der Waals surface area contributed by atoms with Crippen molar-refractivity contribution in [1.29, 1.82) is 0 Å². The molecule has 2 fully saturated rings. The number of hydrogen-bond donors (Lipinski definition) is 1. The fourth-order valence-electron chi connectivity index (χ4n) is 4.79. The van der Waals surface area contributed by atoms with Crippen molar-refractivity contribution in [2.75, 3.05) is 6.54 Å². The fourth-order valence-corrected chi connectivity index (χ4v) is 7.80. The minimum absolute atomic E-state index is 0.0700. The summed E-state index contributed by atoms with van der Waals surface area (Å²) >= 11 is 0.378. The standard InChI is InChI=1S/C23H20F6N4O3S2/c24-12-1-3-14(4-2-12)38(35,36)33-17(8-19(26)22(33)5-6-22)20(34)31-9-13-7-15(16(25)10-30-13)18-11-32-21(37-18)23(27,28)29/h1-4,7,10,17-19H,5-6,8-9,11H2,(H,31,34)/t17-,18?,19+/m0/s1. The van der Waals surface area contributed by atoms with Gasteiger partial charge in [0.15, 0.2) is 5.04 Å². The van der Waals surface area contributed by atoms with E-state index in [4.69, 9.17) is 0 Å². The number of hydrogen-bond acceptors (Lipinski definition) is 6. The van der Waals surface area contributed by atoms with Gasteiger partial charge in [-0.3, -0.25) is 14.8 Å². The molecule has 2 aliphatic heterocycles. The quantitative estimate of drug-likeness (QED) is 0.523. The van der Waals surface area contributed by atoms with Crippen LogP contribution in [0.4, 0.5) is 26.3 Å². The monoisotopic (exact) mass is 578 g/mol. The number of aliphatic imine (C=N–C) groups is 1. The molecule has 1 N–H and O–H groups in total. The molecule has 1 saturated carbocycles. The summed E-state index contributed by atoms with van der Waals surface area (Å²) in [5.74, 6) is -2.31. The second-order valence-corrected chi connectivity index (χ2v) is 12.2. The van der Waals surface area contributed by atoms with Gasteiger partial charge in [0.25, 0.3) is 0 Å². The van der Waals surface area contributed by atoms with Crippen molar-refractivity contribution in [3.8, 4) is 0 Å². The molecule has 3 aliphatic rings. The van der Waals surface area contributed by atoms with Crippen molar-refractivity contribution in [2.45, 2.75) is 59.9 Å². The molecule has 15 heteroatoms. The van der Waals surface area contributed by atoms with E-state index in [0.29, 0.717) is 11.8 Å². The summed E-state index contributed by atoms with van der Waals surface area (Å²) < 4.78 is 109. The number of carbonyl (C=O) groups excluding carboxylic acids is 1. The molecule has 1 aromatic carbocycles. The van der Waals surface area contributed by atoms with E-state index in [1.54, 1.807) is 0 Å². The average Bonchev–Trinajstić information content (AvgIpc) is 3.36. The van der Waals surface area contributed by atoms with E-state index in [1.807, 2.05) is 0 Å². The molecular weight excluding hydrogens is 558 g/mol. The van der Waals surface area contributed by atoms with Crippen LogP contribution in [0, 0.1) is 11.6 Å². The highest BCUT2D eigenvalue weighted by atomic mass is 32.2. The molecule has 5 rings (SSSR count). The van der Waals surface area contributed by atoms with Gasteiger partial charge in [-0.25, -0.2) is 21.6 Å². The Balaban J connectivity index is 1.32. The number of halogens is 6. The lowest BCUT2D eigenvalue weighted by Gasteiger charge is -2.29. The Morgan fingerprint density at radius 3 is 2.47 bits per heavy atom. The first-order valence-electron chi connectivity index (χ1n) is 11.5. The van der Waals surface area contributed by atoms with Gasteiger partial charge in [0.2, 0.25) is 15.9 Å². The van der Waals surface area contributed by atoms with Crippen LogP contribution < -0.4 is 5.32 Å². The van der Waals surface area contributed by atoms with Gasteiger partial charge in [-0.05, 0) is 43.2 Å². The third kappa shape index (κ3) is 4.79. The zero-order valence-corrected chi connectivity index (χ0v) is 21.0. The van der Waals surface area contributed by atoms with E-state index < -0.39 is 61.8 Å². The number of alkyl halides is 4.